The number of carbonyl (C=O) groups is 3. The average Bonchev–Trinajstić information content (AvgIpc) is 2.77. The molecule has 4 N–H and O–H groups in total. The lowest BCUT2D eigenvalue weighted by Crippen LogP contribution is -2.58. The quantitative estimate of drug-likeness (QED) is 0.389. The lowest BCUT2D eigenvalue weighted by molar-refractivity contribution is -0.147. The van der Waals surface area contributed by atoms with Gasteiger partial charge in [-0.25, -0.2) is 4.79 Å². The first-order valence-electron chi connectivity index (χ1n) is 13.0. The van der Waals surface area contributed by atoms with Gasteiger partial charge in [-0.1, -0.05) is 24.3 Å². The van der Waals surface area contributed by atoms with Gasteiger partial charge < -0.3 is 30.5 Å². The van der Waals surface area contributed by atoms with Crippen LogP contribution in [0.15, 0.2) is 48.5 Å². The number of amides is 3. The number of hydrogen-bond donors (Lipinski definition) is 4. The van der Waals surface area contributed by atoms with Crippen molar-refractivity contribution in [3.05, 3.63) is 59.7 Å². The Morgan fingerprint density at radius 2 is 1.50 bits per heavy atom. The Morgan fingerprint density at radius 1 is 0.947 bits per heavy atom. The summed E-state index contributed by atoms with van der Waals surface area (Å²) in [6.45, 7) is 8.90. The van der Waals surface area contributed by atoms with Crippen LogP contribution in [-0.2, 0) is 20.7 Å². The third-order valence-corrected chi connectivity index (χ3v) is 6.25. The molecular formula is C29H39N3O6. The fraction of sp³-hybridized carbons (Fsp3) is 0.483. The van der Waals surface area contributed by atoms with Crippen molar-refractivity contribution in [2.75, 3.05) is 0 Å². The highest BCUT2D eigenvalue weighted by molar-refractivity contribution is 5.92. The summed E-state index contributed by atoms with van der Waals surface area (Å²) in [4.78, 5) is 42.2. The summed E-state index contributed by atoms with van der Waals surface area (Å²) in [6.07, 6.45) is 1.78. The van der Waals surface area contributed by atoms with Gasteiger partial charge in [0.25, 0.3) is 0 Å². The van der Waals surface area contributed by atoms with E-state index in [4.69, 9.17) is 4.74 Å². The minimum absolute atomic E-state index is 0.0510. The molecule has 0 spiro atoms. The molecule has 0 heterocycles. The highest BCUT2D eigenvalue weighted by Crippen LogP contribution is 2.34. The minimum Gasteiger partial charge on any atom is -0.508 e. The molecule has 1 aliphatic carbocycles. The van der Waals surface area contributed by atoms with Gasteiger partial charge in [-0.15, -0.1) is 0 Å². The molecule has 9 nitrogen and oxygen atoms in total. The van der Waals surface area contributed by atoms with E-state index in [1.807, 2.05) is 13.8 Å². The van der Waals surface area contributed by atoms with E-state index in [0.29, 0.717) is 5.56 Å². The molecule has 0 aromatic heterocycles. The van der Waals surface area contributed by atoms with Crippen LogP contribution in [0.1, 0.15) is 71.0 Å². The van der Waals surface area contributed by atoms with E-state index in [1.54, 1.807) is 49.9 Å². The summed E-state index contributed by atoms with van der Waals surface area (Å²) in [5, 5.41) is 25.2. The number of hydrogen-bond acceptors (Lipinski definition) is 6. The van der Waals surface area contributed by atoms with Crippen LogP contribution in [0.3, 0.4) is 0 Å². The number of carbonyl (C=O) groups excluding carboxylic acids is 3. The second-order valence-electron chi connectivity index (χ2n) is 11.1. The van der Waals surface area contributed by atoms with E-state index in [2.05, 4.69) is 10.6 Å². The molecule has 1 saturated carbocycles. The van der Waals surface area contributed by atoms with Crippen molar-refractivity contribution >= 4 is 17.9 Å². The maximum Gasteiger partial charge on any atom is 0.408 e. The number of ether oxygens (including phenoxy) is 1. The first-order chi connectivity index (χ1) is 17.8. The molecule has 38 heavy (non-hydrogen) atoms. The third kappa shape index (κ3) is 7.87. The maximum atomic E-state index is 14.3. The van der Waals surface area contributed by atoms with E-state index < -0.39 is 29.7 Å². The van der Waals surface area contributed by atoms with Crippen molar-refractivity contribution in [2.24, 2.45) is 0 Å². The Labute approximate surface area is 224 Å². The number of rotatable bonds is 9. The maximum absolute atomic E-state index is 14.3. The fourth-order valence-electron chi connectivity index (χ4n) is 4.34. The van der Waals surface area contributed by atoms with Crippen LogP contribution in [0.5, 0.6) is 11.5 Å². The van der Waals surface area contributed by atoms with Crippen LogP contribution >= 0.6 is 0 Å². The van der Waals surface area contributed by atoms with Crippen molar-refractivity contribution < 1.29 is 29.3 Å². The molecule has 2 aromatic rings. The summed E-state index contributed by atoms with van der Waals surface area (Å²) in [6, 6.07) is 10.3. The van der Waals surface area contributed by atoms with Gasteiger partial charge in [-0.05, 0) is 89.3 Å². The standard InChI is InChI=1S/C29H39N3O6/c1-18(2)30-26(35)25(20-11-15-23(34)16-12-20)32(21-7-6-8-21)27(36)24(31-28(37)38-29(3,4)5)17-19-9-13-22(33)14-10-19/h9-16,18,21,24-25,33-34H,6-8,17H2,1-5H3,(H,30,35)(H,31,37). The van der Waals surface area contributed by atoms with E-state index in [-0.39, 0.29) is 35.9 Å². The summed E-state index contributed by atoms with van der Waals surface area (Å²) in [5.41, 5.74) is 0.510. The molecule has 2 aromatic carbocycles. The molecule has 0 aliphatic heterocycles. The second kappa shape index (κ2) is 12.2. The number of nitrogens with one attached hydrogen (secondary N) is 2. The molecule has 0 bridgehead atoms. The molecule has 0 radical (unpaired) electrons. The zero-order chi connectivity index (χ0) is 28.0. The number of phenols is 2. The average molecular weight is 526 g/mol. The van der Waals surface area contributed by atoms with Crippen LogP contribution in [-0.4, -0.2) is 56.7 Å². The van der Waals surface area contributed by atoms with Gasteiger partial charge in [0, 0.05) is 18.5 Å². The van der Waals surface area contributed by atoms with Gasteiger partial charge in [0.15, 0.2) is 0 Å². The first-order valence-corrected chi connectivity index (χ1v) is 13.0. The van der Waals surface area contributed by atoms with Crippen LogP contribution in [0.2, 0.25) is 0 Å². The number of nitrogens with zero attached hydrogens (tertiary/aromatic N) is 1. The molecule has 1 aliphatic rings. The van der Waals surface area contributed by atoms with Crippen LogP contribution in [0.4, 0.5) is 4.79 Å². The summed E-state index contributed by atoms with van der Waals surface area (Å²) < 4.78 is 5.45. The van der Waals surface area contributed by atoms with Gasteiger partial charge in [-0.3, -0.25) is 9.59 Å². The minimum atomic E-state index is -1.03. The van der Waals surface area contributed by atoms with E-state index in [1.165, 1.54) is 24.3 Å². The summed E-state index contributed by atoms with van der Waals surface area (Å²) in [7, 11) is 0. The molecule has 206 valence electrons. The topological polar surface area (TPSA) is 128 Å². The van der Waals surface area contributed by atoms with Crippen molar-refractivity contribution in [1.29, 1.82) is 0 Å². The Balaban J connectivity index is 2.02. The van der Waals surface area contributed by atoms with Crippen molar-refractivity contribution in [1.82, 2.24) is 15.5 Å². The number of alkyl carbamates (subject to hydrolysis) is 1. The van der Waals surface area contributed by atoms with E-state index >= 15 is 0 Å². The summed E-state index contributed by atoms with van der Waals surface area (Å²) >= 11 is 0. The van der Waals surface area contributed by atoms with Gasteiger partial charge in [0.1, 0.15) is 29.2 Å². The largest absolute Gasteiger partial charge is 0.508 e. The first kappa shape index (κ1) is 28.8. The lowest BCUT2D eigenvalue weighted by atomic mass is 9.87. The highest BCUT2D eigenvalue weighted by Gasteiger charge is 2.42. The monoisotopic (exact) mass is 525 g/mol. The molecule has 0 saturated heterocycles. The van der Waals surface area contributed by atoms with E-state index in [9.17, 15) is 24.6 Å². The van der Waals surface area contributed by atoms with Crippen LogP contribution in [0, 0.1) is 0 Å². The van der Waals surface area contributed by atoms with E-state index in [0.717, 1.165) is 24.8 Å². The predicted molar refractivity (Wildman–Crippen MR) is 144 cm³/mol. The molecule has 1 fully saturated rings. The molecule has 3 amide bonds. The predicted octanol–water partition coefficient (Wildman–Crippen LogP) is 4.18. The van der Waals surface area contributed by atoms with Gasteiger partial charge in [0.2, 0.25) is 11.8 Å². The zero-order valence-electron chi connectivity index (χ0n) is 22.7. The Hall–Kier alpha value is -3.75. The normalized spacial score (nSPS) is 15.2. The summed E-state index contributed by atoms with van der Waals surface area (Å²) in [5.74, 6) is -0.613. The molecule has 2 atom stereocenters. The Morgan fingerprint density at radius 3 is 1.97 bits per heavy atom. The number of benzene rings is 2. The molecule has 2 unspecified atom stereocenters. The van der Waals surface area contributed by atoms with Gasteiger partial charge in [0.05, 0.1) is 0 Å². The molecule has 9 heteroatoms. The molecule has 3 rings (SSSR count). The smallest absolute Gasteiger partial charge is 0.408 e. The van der Waals surface area contributed by atoms with Crippen LogP contribution < -0.4 is 10.6 Å². The Kier molecular flexibility index (Phi) is 9.25. The Bertz CT molecular complexity index is 1100. The van der Waals surface area contributed by atoms with Gasteiger partial charge >= 0.3 is 6.09 Å². The number of phenolic OH excluding ortho intramolecular Hbond substituents is 2. The van der Waals surface area contributed by atoms with Crippen molar-refractivity contribution in [3.8, 4) is 11.5 Å². The van der Waals surface area contributed by atoms with Gasteiger partial charge in [-0.2, -0.15) is 0 Å². The van der Waals surface area contributed by atoms with Crippen molar-refractivity contribution in [2.45, 2.75) is 90.1 Å². The highest BCUT2D eigenvalue weighted by atomic mass is 16.6. The second-order valence-corrected chi connectivity index (χ2v) is 11.1. The third-order valence-electron chi connectivity index (χ3n) is 6.25. The molecular weight excluding hydrogens is 486 g/mol. The number of aromatic hydroxyl groups is 2. The van der Waals surface area contributed by atoms with Crippen molar-refractivity contribution in [3.63, 3.8) is 0 Å². The fourth-order valence-corrected chi connectivity index (χ4v) is 4.34. The zero-order valence-corrected chi connectivity index (χ0v) is 22.7. The van der Waals surface area contributed by atoms with Crippen LogP contribution in [0.25, 0.3) is 0 Å². The lowest BCUT2D eigenvalue weighted by Gasteiger charge is -2.43. The SMILES string of the molecule is CC(C)NC(=O)C(c1ccc(O)cc1)N(C(=O)C(Cc1ccc(O)cc1)NC(=O)OC(C)(C)C)C1CCC1.